The Labute approximate surface area is 137 Å². The molecule has 2 N–H and O–H groups in total. The highest BCUT2D eigenvalue weighted by molar-refractivity contribution is 9.10. The summed E-state index contributed by atoms with van der Waals surface area (Å²) in [4.78, 5) is 3.58. The Hall–Kier alpha value is -0.750. The van der Waals surface area contributed by atoms with Crippen LogP contribution in [0, 0.1) is 5.82 Å². The van der Waals surface area contributed by atoms with Crippen LogP contribution in [0.2, 0.25) is 0 Å². The predicted octanol–water partition coefficient (Wildman–Crippen LogP) is 4.21. The summed E-state index contributed by atoms with van der Waals surface area (Å²) in [6.45, 7) is 2.64. The number of halogens is 2. The van der Waals surface area contributed by atoms with Crippen molar-refractivity contribution in [2.24, 2.45) is 5.73 Å². The van der Waals surface area contributed by atoms with Crippen LogP contribution in [0.1, 0.15) is 23.4 Å². The number of benzene rings is 1. The van der Waals surface area contributed by atoms with Crippen molar-refractivity contribution in [2.75, 3.05) is 13.6 Å². The van der Waals surface area contributed by atoms with Crippen molar-refractivity contribution in [1.29, 1.82) is 0 Å². The van der Waals surface area contributed by atoms with Gasteiger partial charge in [-0.25, -0.2) is 4.39 Å². The molecule has 0 saturated carbocycles. The molecule has 2 aromatic rings. The third kappa shape index (κ3) is 4.13. The molecule has 0 aliphatic carbocycles. The summed E-state index contributed by atoms with van der Waals surface area (Å²) in [7, 11) is 2.05. The fourth-order valence-electron chi connectivity index (χ4n) is 2.43. The van der Waals surface area contributed by atoms with Gasteiger partial charge in [0.25, 0.3) is 0 Å². The maximum absolute atomic E-state index is 13.7. The largest absolute Gasteiger partial charge is 0.329 e. The minimum Gasteiger partial charge on any atom is -0.329 e. The molecule has 0 spiro atoms. The monoisotopic (exact) mass is 370 g/mol. The van der Waals surface area contributed by atoms with E-state index in [9.17, 15) is 4.39 Å². The second kappa shape index (κ2) is 7.49. The molecule has 0 fully saturated rings. The zero-order valence-electron chi connectivity index (χ0n) is 12.2. The number of rotatable bonds is 6. The molecule has 0 aliphatic heterocycles. The molecule has 2 unspecified atom stereocenters. The van der Waals surface area contributed by atoms with Gasteiger partial charge >= 0.3 is 0 Å². The van der Waals surface area contributed by atoms with Crippen molar-refractivity contribution in [3.8, 4) is 0 Å². The van der Waals surface area contributed by atoms with E-state index in [0.29, 0.717) is 17.1 Å². The molecule has 114 valence electrons. The molecule has 0 amide bonds. The standard InChI is InChI=1S/C16H20BrFN2S/c1-11(8-13-4-3-7-21-13)20(2)16(10-19)12-5-6-14(17)15(18)9-12/h3-7,9,11,16H,8,10,19H2,1-2H3. The van der Waals surface area contributed by atoms with Gasteiger partial charge in [-0.05, 0) is 65.5 Å². The Bertz CT molecular complexity index is 574. The molecule has 1 heterocycles. The summed E-state index contributed by atoms with van der Waals surface area (Å²) in [5.41, 5.74) is 6.85. The summed E-state index contributed by atoms with van der Waals surface area (Å²) in [6.07, 6.45) is 0.976. The van der Waals surface area contributed by atoms with Crippen LogP contribution in [-0.4, -0.2) is 24.5 Å². The maximum Gasteiger partial charge on any atom is 0.137 e. The van der Waals surface area contributed by atoms with Gasteiger partial charge in [-0.3, -0.25) is 4.90 Å². The predicted molar refractivity (Wildman–Crippen MR) is 91.1 cm³/mol. The van der Waals surface area contributed by atoms with E-state index < -0.39 is 0 Å². The molecule has 21 heavy (non-hydrogen) atoms. The molecular weight excluding hydrogens is 351 g/mol. The molecule has 2 atom stereocenters. The zero-order valence-corrected chi connectivity index (χ0v) is 14.6. The Morgan fingerprint density at radius 3 is 2.71 bits per heavy atom. The molecule has 0 saturated heterocycles. The number of likely N-dealkylation sites (N-methyl/N-ethyl adjacent to an activating group) is 1. The van der Waals surface area contributed by atoms with Crippen LogP contribution in [0.3, 0.4) is 0 Å². The summed E-state index contributed by atoms with van der Waals surface area (Å²) in [5, 5.41) is 2.09. The van der Waals surface area contributed by atoms with E-state index in [0.717, 1.165) is 12.0 Å². The van der Waals surface area contributed by atoms with Gasteiger partial charge in [0, 0.05) is 23.5 Å². The van der Waals surface area contributed by atoms with Gasteiger partial charge in [0.05, 0.1) is 4.47 Å². The molecule has 1 aromatic heterocycles. The fraction of sp³-hybridized carbons (Fsp3) is 0.375. The second-order valence-electron chi connectivity index (χ2n) is 5.22. The van der Waals surface area contributed by atoms with Crippen LogP contribution in [0.5, 0.6) is 0 Å². The highest BCUT2D eigenvalue weighted by Gasteiger charge is 2.21. The molecule has 1 aromatic carbocycles. The van der Waals surface area contributed by atoms with Crippen LogP contribution in [0.25, 0.3) is 0 Å². The first kappa shape index (κ1) is 16.6. The fourth-order valence-corrected chi connectivity index (χ4v) is 3.50. The quantitative estimate of drug-likeness (QED) is 0.824. The van der Waals surface area contributed by atoms with E-state index in [1.165, 1.54) is 4.88 Å². The summed E-state index contributed by atoms with van der Waals surface area (Å²) in [5.74, 6) is -0.245. The van der Waals surface area contributed by atoms with Gasteiger partial charge in [0.2, 0.25) is 0 Å². The second-order valence-corrected chi connectivity index (χ2v) is 7.11. The number of hydrogen-bond acceptors (Lipinski definition) is 3. The minimum absolute atomic E-state index is 0.0163. The van der Waals surface area contributed by atoms with Crippen LogP contribution in [0.15, 0.2) is 40.2 Å². The van der Waals surface area contributed by atoms with Crippen LogP contribution < -0.4 is 5.73 Å². The van der Waals surface area contributed by atoms with Crippen molar-refractivity contribution < 1.29 is 4.39 Å². The lowest BCUT2D eigenvalue weighted by Gasteiger charge is -2.32. The number of nitrogens with two attached hydrogens (primary N) is 1. The highest BCUT2D eigenvalue weighted by Crippen LogP contribution is 2.26. The van der Waals surface area contributed by atoms with E-state index in [4.69, 9.17) is 5.73 Å². The third-order valence-electron chi connectivity index (χ3n) is 3.82. The van der Waals surface area contributed by atoms with Crippen molar-refractivity contribution in [3.63, 3.8) is 0 Å². The molecule has 5 heteroatoms. The Kier molecular flexibility index (Phi) is 5.93. The van der Waals surface area contributed by atoms with Gasteiger partial charge in [-0.1, -0.05) is 12.1 Å². The molecule has 0 bridgehead atoms. The Morgan fingerprint density at radius 2 is 2.14 bits per heavy atom. The summed E-state index contributed by atoms with van der Waals surface area (Å²) < 4.78 is 14.2. The van der Waals surface area contributed by atoms with E-state index >= 15 is 0 Å². The first-order chi connectivity index (χ1) is 10.0. The lowest BCUT2D eigenvalue weighted by Crippen LogP contribution is -2.38. The number of nitrogens with zero attached hydrogens (tertiary/aromatic N) is 1. The minimum atomic E-state index is -0.245. The van der Waals surface area contributed by atoms with Gasteiger partial charge < -0.3 is 5.73 Å². The van der Waals surface area contributed by atoms with Crippen molar-refractivity contribution in [3.05, 3.63) is 56.4 Å². The maximum atomic E-state index is 13.7. The topological polar surface area (TPSA) is 29.3 Å². The van der Waals surface area contributed by atoms with E-state index in [2.05, 4.69) is 52.3 Å². The van der Waals surface area contributed by atoms with Gasteiger partial charge in [0.1, 0.15) is 5.82 Å². The molecular formula is C16H20BrFN2S. The first-order valence-corrected chi connectivity index (χ1v) is 8.59. The van der Waals surface area contributed by atoms with Gasteiger partial charge in [0.15, 0.2) is 0 Å². The van der Waals surface area contributed by atoms with E-state index in [1.54, 1.807) is 23.5 Å². The van der Waals surface area contributed by atoms with Crippen molar-refractivity contribution in [2.45, 2.75) is 25.4 Å². The van der Waals surface area contributed by atoms with Gasteiger partial charge in [-0.15, -0.1) is 11.3 Å². The Morgan fingerprint density at radius 1 is 1.38 bits per heavy atom. The molecule has 2 nitrogen and oxygen atoms in total. The molecule has 2 rings (SSSR count). The van der Waals surface area contributed by atoms with Crippen molar-refractivity contribution in [1.82, 2.24) is 4.90 Å². The first-order valence-electron chi connectivity index (χ1n) is 6.92. The van der Waals surface area contributed by atoms with Crippen LogP contribution in [0.4, 0.5) is 4.39 Å². The van der Waals surface area contributed by atoms with Crippen LogP contribution >= 0.6 is 27.3 Å². The lowest BCUT2D eigenvalue weighted by atomic mass is 10.0. The summed E-state index contributed by atoms with van der Waals surface area (Å²) >= 11 is 4.95. The van der Waals surface area contributed by atoms with E-state index in [-0.39, 0.29) is 11.9 Å². The Balaban J connectivity index is 2.13. The summed E-state index contributed by atoms with van der Waals surface area (Å²) in [6, 6.07) is 9.80. The SMILES string of the molecule is CC(Cc1cccs1)N(C)C(CN)c1ccc(Br)c(F)c1. The average Bonchev–Trinajstić information content (AvgIpc) is 2.96. The van der Waals surface area contributed by atoms with E-state index in [1.807, 2.05) is 6.07 Å². The third-order valence-corrected chi connectivity index (χ3v) is 5.36. The van der Waals surface area contributed by atoms with Crippen LogP contribution in [-0.2, 0) is 6.42 Å². The van der Waals surface area contributed by atoms with Gasteiger partial charge in [-0.2, -0.15) is 0 Å². The molecule has 0 radical (unpaired) electrons. The zero-order chi connectivity index (χ0) is 15.4. The molecule has 0 aliphatic rings. The number of hydrogen-bond donors (Lipinski definition) is 1. The normalized spacial score (nSPS) is 14.4. The highest BCUT2D eigenvalue weighted by atomic mass is 79.9. The van der Waals surface area contributed by atoms with Crippen molar-refractivity contribution >= 4 is 27.3 Å². The average molecular weight is 371 g/mol. The smallest absolute Gasteiger partial charge is 0.137 e. The number of thiophene rings is 1. The lowest BCUT2D eigenvalue weighted by molar-refractivity contribution is 0.188.